The fourth-order valence-electron chi connectivity index (χ4n) is 1.72. The summed E-state index contributed by atoms with van der Waals surface area (Å²) in [6.45, 7) is 10.6. The number of ether oxygens (including phenoxy) is 1. The van der Waals surface area contributed by atoms with E-state index in [1.165, 1.54) is 0 Å². The van der Waals surface area contributed by atoms with E-state index in [1.54, 1.807) is 0 Å². The molecule has 0 N–H and O–H groups in total. The molecule has 0 aliphatic carbocycles. The van der Waals surface area contributed by atoms with Gasteiger partial charge in [-0.15, -0.1) is 0 Å². The smallest absolute Gasteiger partial charge is 0.164 e. The Bertz CT molecular complexity index is 163. The van der Waals surface area contributed by atoms with Gasteiger partial charge >= 0.3 is 0 Å². The second-order valence-corrected chi connectivity index (χ2v) is 4.04. The number of carbonyl (C=O) groups is 1. The van der Waals surface area contributed by atoms with E-state index in [4.69, 9.17) is 4.74 Å². The summed E-state index contributed by atoms with van der Waals surface area (Å²) in [6, 6.07) is 0. The van der Waals surface area contributed by atoms with Crippen LogP contribution < -0.4 is 0 Å². The molecule has 0 rings (SSSR count). The highest BCUT2D eigenvalue weighted by Gasteiger charge is 2.32. The Hall–Kier alpha value is -0.370. The van der Waals surface area contributed by atoms with Gasteiger partial charge in [-0.25, -0.2) is 0 Å². The van der Waals surface area contributed by atoms with Crippen LogP contribution in [-0.2, 0) is 9.53 Å². The Balaban J connectivity index is 4.41. The third-order valence-electron chi connectivity index (χ3n) is 2.17. The molecule has 0 bridgehead atoms. The first kappa shape index (κ1) is 12.6. The SMILES string of the molecule is CCOC(C)(CC(C)C)C(=O)CC. The van der Waals surface area contributed by atoms with Crippen molar-refractivity contribution < 1.29 is 9.53 Å². The first-order chi connectivity index (χ1) is 5.96. The number of rotatable bonds is 6. The van der Waals surface area contributed by atoms with Crippen molar-refractivity contribution in [2.24, 2.45) is 5.92 Å². The van der Waals surface area contributed by atoms with E-state index in [2.05, 4.69) is 13.8 Å². The molecule has 0 radical (unpaired) electrons. The number of hydrogen-bond acceptors (Lipinski definition) is 2. The molecule has 0 saturated carbocycles. The lowest BCUT2D eigenvalue weighted by Crippen LogP contribution is -2.39. The zero-order valence-corrected chi connectivity index (χ0v) is 9.52. The van der Waals surface area contributed by atoms with Gasteiger partial charge in [0.05, 0.1) is 0 Å². The van der Waals surface area contributed by atoms with Gasteiger partial charge in [-0.1, -0.05) is 20.8 Å². The Labute approximate surface area is 81.7 Å². The molecule has 1 atom stereocenters. The lowest BCUT2D eigenvalue weighted by atomic mass is 9.89. The van der Waals surface area contributed by atoms with Crippen molar-refractivity contribution >= 4 is 5.78 Å². The van der Waals surface area contributed by atoms with Gasteiger partial charge in [0.15, 0.2) is 5.78 Å². The van der Waals surface area contributed by atoms with E-state index in [1.807, 2.05) is 20.8 Å². The minimum atomic E-state index is -0.558. The lowest BCUT2D eigenvalue weighted by molar-refractivity contribution is -0.143. The van der Waals surface area contributed by atoms with Crippen molar-refractivity contribution in [2.45, 2.75) is 53.1 Å². The van der Waals surface area contributed by atoms with E-state index < -0.39 is 5.60 Å². The van der Waals surface area contributed by atoms with E-state index >= 15 is 0 Å². The van der Waals surface area contributed by atoms with Crippen molar-refractivity contribution in [1.82, 2.24) is 0 Å². The molecule has 0 amide bonds. The van der Waals surface area contributed by atoms with Crippen LogP contribution in [0, 0.1) is 5.92 Å². The van der Waals surface area contributed by atoms with Crippen LogP contribution in [0.2, 0.25) is 0 Å². The largest absolute Gasteiger partial charge is 0.368 e. The molecule has 0 spiro atoms. The zero-order valence-electron chi connectivity index (χ0n) is 9.52. The molecule has 0 aliphatic heterocycles. The third-order valence-corrected chi connectivity index (χ3v) is 2.17. The lowest BCUT2D eigenvalue weighted by Gasteiger charge is -2.29. The maximum atomic E-state index is 11.6. The van der Waals surface area contributed by atoms with Crippen molar-refractivity contribution in [3.8, 4) is 0 Å². The van der Waals surface area contributed by atoms with Gasteiger partial charge in [-0.05, 0) is 26.2 Å². The average Bonchev–Trinajstić information content (AvgIpc) is 2.02. The quantitative estimate of drug-likeness (QED) is 0.637. The van der Waals surface area contributed by atoms with Crippen LogP contribution >= 0.6 is 0 Å². The maximum absolute atomic E-state index is 11.6. The van der Waals surface area contributed by atoms with Gasteiger partial charge in [0.2, 0.25) is 0 Å². The second-order valence-electron chi connectivity index (χ2n) is 4.04. The molecule has 0 fully saturated rings. The fourth-order valence-corrected chi connectivity index (χ4v) is 1.72. The summed E-state index contributed by atoms with van der Waals surface area (Å²) in [5, 5.41) is 0. The Morgan fingerprint density at radius 1 is 1.38 bits per heavy atom. The van der Waals surface area contributed by atoms with E-state index in [0.29, 0.717) is 18.9 Å². The Morgan fingerprint density at radius 2 is 1.92 bits per heavy atom. The second kappa shape index (κ2) is 5.38. The molecule has 2 heteroatoms. The van der Waals surface area contributed by atoms with Crippen LogP contribution in [0.4, 0.5) is 0 Å². The van der Waals surface area contributed by atoms with E-state index in [9.17, 15) is 4.79 Å². The molecule has 1 unspecified atom stereocenters. The molecule has 2 nitrogen and oxygen atoms in total. The molecule has 13 heavy (non-hydrogen) atoms. The van der Waals surface area contributed by atoms with Gasteiger partial charge < -0.3 is 4.74 Å². The van der Waals surface area contributed by atoms with Gasteiger partial charge in [0.25, 0.3) is 0 Å². The van der Waals surface area contributed by atoms with E-state index in [-0.39, 0.29) is 5.78 Å². The summed E-state index contributed by atoms with van der Waals surface area (Å²) >= 11 is 0. The molecule has 0 heterocycles. The van der Waals surface area contributed by atoms with Crippen LogP contribution in [0.3, 0.4) is 0 Å². The standard InChI is InChI=1S/C11H22O2/c1-6-10(12)11(5,13-7-2)8-9(3)4/h9H,6-8H2,1-5H3. The molecular weight excluding hydrogens is 164 g/mol. The van der Waals surface area contributed by atoms with Gasteiger partial charge in [-0.3, -0.25) is 4.79 Å². The normalized spacial score (nSPS) is 15.8. The van der Waals surface area contributed by atoms with Gasteiger partial charge in [0.1, 0.15) is 5.60 Å². The van der Waals surface area contributed by atoms with Crippen molar-refractivity contribution in [3.63, 3.8) is 0 Å². The zero-order chi connectivity index (χ0) is 10.5. The molecule has 0 aromatic rings. The fraction of sp³-hybridized carbons (Fsp3) is 0.909. The number of Topliss-reactive ketones (excluding diaryl/α,β-unsaturated/α-hetero) is 1. The summed E-state index contributed by atoms with van der Waals surface area (Å²) in [6.07, 6.45) is 1.37. The number of hydrogen-bond donors (Lipinski definition) is 0. The predicted molar refractivity (Wildman–Crippen MR) is 54.8 cm³/mol. The molecule has 0 aromatic heterocycles. The predicted octanol–water partition coefficient (Wildman–Crippen LogP) is 2.81. The monoisotopic (exact) mass is 186 g/mol. The maximum Gasteiger partial charge on any atom is 0.164 e. The Morgan fingerprint density at radius 3 is 2.23 bits per heavy atom. The number of ketones is 1. The van der Waals surface area contributed by atoms with Crippen LogP contribution in [0.25, 0.3) is 0 Å². The topological polar surface area (TPSA) is 26.3 Å². The van der Waals surface area contributed by atoms with Crippen LogP contribution in [0.5, 0.6) is 0 Å². The first-order valence-corrected chi connectivity index (χ1v) is 5.13. The molecule has 78 valence electrons. The third kappa shape index (κ3) is 3.90. The highest BCUT2D eigenvalue weighted by atomic mass is 16.5. The number of carbonyl (C=O) groups excluding carboxylic acids is 1. The van der Waals surface area contributed by atoms with Crippen LogP contribution in [0.15, 0.2) is 0 Å². The van der Waals surface area contributed by atoms with Crippen molar-refractivity contribution in [2.75, 3.05) is 6.61 Å². The molecular formula is C11H22O2. The summed E-state index contributed by atoms with van der Waals surface area (Å²) in [5.74, 6) is 0.704. The molecule has 0 aromatic carbocycles. The van der Waals surface area contributed by atoms with E-state index in [0.717, 1.165) is 6.42 Å². The van der Waals surface area contributed by atoms with Crippen molar-refractivity contribution in [3.05, 3.63) is 0 Å². The summed E-state index contributed by atoms with van der Waals surface area (Å²) in [7, 11) is 0. The van der Waals surface area contributed by atoms with Gasteiger partial charge in [0, 0.05) is 13.0 Å². The summed E-state index contributed by atoms with van der Waals surface area (Å²) < 4.78 is 5.54. The highest BCUT2D eigenvalue weighted by Crippen LogP contribution is 2.23. The first-order valence-electron chi connectivity index (χ1n) is 5.13. The Kier molecular flexibility index (Phi) is 5.23. The summed E-state index contributed by atoms with van der Waals surface area (Å²) in [5.41, 5.74) is -0.558. The molecule has 0 aliphatic rings. The highest BCUT2D eigenvalue weighted by molar-refractivity contribution is 5.86. The van der Waals surface area contributed by atoms with Crippen LogP contribution in [-0.4, -0.2) is 18.0 Å². The minimum Gasteiger partial charge on any atom is -0.368 e. The van der Waals surface area contributed by atoms with Crippen molar-refractivity contribution in [1.29, 1.82) is 0 Å². The summed E-state index contributed by atoms with van der Waals surface area (Å²) in [4.78, 5) is 11.6. The van der Waals surface area contributed by atoms with Gasteiger partial charge in [-0.2, -0.15) is 0 Å². The van der Waals surface area contributed by atoms with Crippen LogP contribution in [0.1, 0.15) is 47.5 Å². The minimum absolute atomic E-state index is 0.211. The molecule has 0 saturated heterocycles. The average molecular weight is 186 g/mol.